The van der Waals surface area contributed by atoms with Crippen molar-refractivity contribution in [3.63, 3.8) is 0 Å². The van der Waals surface area contributed by atoms with Gasteiger partial charge in [0.1, 0.15) is 5.75 Å². The smallest absolute Gasteiger partial charge is 0.321 e. The van der Waals surface area contributed by atoms with Crippen molar-refractivity contribution >= 4 is 39.6 Å². The third kappa shape index (κ3) is 3.39. The van der Waals surface area contributed by atoms with Gasteiger partial charge in [-0.15, -0.1) is 0 Å². The highest BCUT2D eigenvalue weighted by Gasteiger charge is 2.48. The number of hydrogen-bond donors (Lipinski definition) is 1. The molecule has 0 radical (unpaired) electrons. The molecule has 0 saturated heterocycles. The summed E-state index contributed by atoms with van der Waals surface area (Å²) in [6, 6.07) is 17.9. The summed E-state index contributed by atoms with van der Waals surface area (Å²) in [6.45, 7) is 4.38. The molecule has 1 aromatic heterocycles. The van der Waals surface area contributed by atoms with Gasteiger partial charge >= 0.3 is 5.97 Å². The first-order chi connectivity index (χ1) is 16.6. The number of benzene rings is 3. The van der Waals surface area contributed by atoms with Crippen LogP contribution < -0.4 is 4.90 Å². The number of phenolic OH excluding ortho intramolecular Hbond substituents is 1. The van der Waals surface area contributed by atoms with Crippen LogP contribution in [-0.4, -0.2) is 39.7 Å². The summed E-state index contributed by atoms with van der Waals surface area (Å²) in [7, 11) is 0. The molecule has 3 aromatic carbocycles. The zero-order valence-corrected chi connectivity index (χ0v) is 19.3. The maximum absolute atomic E-state index is 13.9. The number of esters is 1. The maximum Gasteiger partial charge on any atom is 0.321 e. The van der Waals surface area contributed by atoms with E-state index < -0.39 is 17.9 Å². The lowest BCUT2D eigenvalue weighted by atomic mass is 9.86. The number of aromatic nitrogens is 2. The molecule has 4 aromatic rings. The Morgan fingerprint density at radius 1 is 1.06 bits per heavy atom. The van der Waals surface area contributed by atoms with Crippen molar-refractivity contribution in [2.45, 2.75) is 32.7 Å². The van der Waals surface area contributed by atoms with E-state index in [0.29, 0.717) is 18.1 Å². The van der Waals surface area contributed by atoms with E-state index in [-0.39, 0.29) is 18.3 Å². The lowest BCUT2D eigenvalue weighted by Gasteiger charge is -2.38. The number of carbonyl (C=O) groups is 2. The second kappa shape index (κ2) is 8.82. The molecule has 34 heavy (non-hydrogen) atoms. The van der Waals surface area contributed by atoms with Crippen LogP contribution in [0, 0.1) is 5.92 Å². The number of imidazole rings is 1. The van der Waals surface area contributed by atoms with Gasteiger partial charge in [0.2, 0.25) is 11.9 Å². The van der Waals surface area contributed by atoms with Gasteiger partial charge in [0.15, 0.2) is 5.92 Å². The molecular weight excluding hydrogens is 430 g/mol. The van der Waals surface area contributed by atoms with Crippen molar-refractivity contribution < 1.29 is 19.4 Å². The van der Waals surface area contributed by atoms with E-state index in [0.717, 1.165) is 34.6 Å². The van der Waals surface area contributed by atoms with Crippen LogP contribution >= 0.6 is 0 Å². The first-order valence-corrected chi connectivity index (χ1v) is 11.7. The lowest BCUT2D eigenvalue weighted by molar-refractivity contribution is -0.153. The number of unbranched alkanes of at least 4 members (excludes halogenated alkanes) is 1. The van der Waals surface area contributed by atoms with Crippen molar-refractivity contribution in [3.8, 4) is 5.75 Å². The van der Waals surface area contributed by atoms with Crippen LogP contribution in [0.3, 0.4) is 0 Å². The molecule has 2 heterocycles. The van der Waals surface area contributed by atoms with Gasteiger partial charge in [-0.25, -0.2) is 4.98 Å². The second-order valence-corrected chi connectivity index (χ2v) is 8.51. The van der Waals surface area contributed by atoms with E-state index >= 15 is 0 Å². The maximum atomic E-state index is 13.9. The monoisotopic (exact) mass is 457 g/mol. The summed E-state index contributed by atoms with van der Waals surface area (Å²) < 4.78 is 7.34. The molecule has 174 valence electrons. The number of rotatable bonds is 6. The van der Waals surface area contributed by atoms with E-state index in [4.69, 9.17) is 9.72 Å². The lowest BCUT2D eigenvalue weighted by Crippen LogP contribution is -2.50. The standard InChI is InChI=1S/C27H27N3O4/c1-3-5-16-29-25(32)23(26(33)34-4-2)24(30-20-13-9-8-12-19(20)28-27(29)30)22-18-11-7-6-10-17(18)14-15-21(22)31/h6-15,23-24,31H,3-5,16H2,1-2H3/t23-,24-/m1/s1. The van der Waals surface area contributed by atoms with Crippen LogP contribution in [0.4, 0.5) is 5.95 Å². The van der Waals surface area contributed by atoms with E-state index in [1.807, 2.05) is 59.2 Å². The Balaban J connectivity index is 1.86. The molecule has 0 fully saturated rings. The minimum absolute atomic E-state index is 0.0246. The Bertz CT molecular complexity index is 1390. The number of hydrogen-bond acceptors (Lipinski definition) is 5. The molecule has 2 atom stereocenters. The number of phenols is 1. The zero-order valence-electron chi connectivity index (χ0n) is 19.3. The van der Waals surface area contributed by atoms with E-state index in [2.05, 4.69) is 6.92 Å². The molecule has 0 unspecified atom stereocenters. The highest BCUT2D eigenvalue weighted by atomic mass is 16.5. The van der Waals surface area contributed by atoms with Crippen LogP contribution in [0.2, 0.25) is 0 Å². The molecule has 5 rings (SSSR count). The van der Waals surface area contributed by atoms with E-state index in [1.165, 1.54) is 0 Å². The molecular formula is C27H27N3O4. The van der Waals surface area contributed by atoms with Crippen LogP contribution in [0.25, 0.3) is 21.8 Å². The Hall–Kier alpha value is -3.87. The molecule has 1 aliphatic rings. The van der Waals surface area contributed by atoms with Gasteiger partial charge in [-0.1, -0.05) is 55.8 Å². The number of aromatic hydroxyl groups is 1. The van der Waals surface area contributed by atoms with Gasteiger partial charge in [0.05, 0.1) is 23.7 Å². The van der Waals surface area contributed by atoms with Gasteiger partial charge in [0, 0.05) is 12.1 Å². The van der Waals surface area contributed by atoms with E-state index in [1.54, 1.807) is 17.9 Å². The Kier molecular flexibility index (Phi) is 5.69. The number of para-hydroxylation sites is 2. The predicted octanol–water partition coefficient (Wildman–Crippen LogP) is 4.81. The molecule has 0 saturated carbocycles. The summed E-state index contributed by atoms with van der Waals surface area (Å²) in [5, 5.41) is 12.8. The molecule has 0 bridgehead atoms. The Morgan fingerprint density at radius 3 is 2.62 bits per heavy atom. The largest absolute Gasteiger partial charge is 0.508 e. The summed E-state index contributed by atoms with van der Waals surface area (Å²) >= 11 is 0. The molecule has 0 spiro atoms. The Morgan fingerprint density at radius 2 is 1.82 bits per heavy atom. The minimum atomic E-state index is -1.15. The fraction of sp³-hybridized carbons (Fsp3) is 0.296. The Labute approximate surface area is 197 Å². The van der Waals surface area contributed by atoms with Crippen LogP contribution in [0.1, 0.15) is 38.3 Å². The fourth-order valence-corrected chi connectivity index (χ4v) is 4.93. The van der Waals surface area contributed by atoms with Gasteiger partial charge in [0.25, 0.3) is 0 Å². The normalized spacial score (nSPS) is 17.8. The summed E-state index contributed by atoms with van der Waals surface area (Å²) in [5.41, 5.74) is 2.03. The predicted molar refractivity (Wildman–Crippen MR) is 131 cm³/mol. The number of fused-ring (bicyclic) bond motifs is 4. The minimum Gasteiger partial charge on any atom is -0.508 e. The second-order valence-electron chi connectivity index (χ2n) is 8.51. The van der Waals surface area contributed by atoms with Gasteiger partial charge in [-0.05, 0) is 42.3 Å². The number of nitrogens with zero attached hydrogens (tertiary/aromatic N) is 3. The molecule has 1 aliphatic heterocycles. The number of carbonyl (C=O) groups excluding carboxylic acids is 2. The molecule has 1 N–H and O–H groups in total. The van der Waals surface area contributed by atoms with E-state index in [9.17, 15) is 14.7 Å². The zero-order chi connectivity index (χ0) is 23.8. The average molecular weight is 458 g/mol. The van der Waals surface area contributed by atoms with Crippen LogP contribution in [-0.2, 0) is 14.3 Å². The number of ether oxygens (including phenoxy) is 1. The summed E-state index contributed by atoms with van der Waals surface area (Å²) in [4.78, 5) is 33.6. The fourth-order valence-electron chi connectivity index (χ4n) is 4.93. The number of anilines is 1. The molecule has 1 amide bonds. The quantitative estimate of drug-likeness (QED) is 0.332. The van der Waals surface area contributed by atoms with Crippen molar-refractivity contribution in [1.29, 1.82) is 0 Å². The van der Waals surface area contributed by atoms with Crippen molar-refractivity contribution in [2.75, 3.05) is 18.1 Å². The average Bonchev–Trinajstić information content (AvgIpc) is 3.22. The van der Waals surface area contributed by atoms with Gasteiger partial charge in [-0.3, -0.25) is 14.5 Å². The highest BCUT2D eigenvalue weighted by Crippen LogP contribution is 2.46. The van der Waals surface area contributed by atoms with Crippen molar-refractivity contribution in [1.82, 2.24) is 9.55 Å². The summed E-state index contributed by atoms with van der Waals surface area (Å²) in [5.74, 6) is -1.60. The molecule has 7 heteroatoms. The topological polar surface area (TPSA) is 84.7 Å². The van der Waals surface area contributed by atoms with Crippen molar-refractivity contribution in [2.24, 2.45) is 5.92 Å². The molecule has 0 aliphatic carbocycles. The first kappa shape index (κ1) is 21.9. The van der Waals surface area contributed by atoms with Crippen molar-refractivity contribution in [3.05, 3.63) is 66.2 Å². The SMILES string of the molecule is CCCCN1C(=O)[C@H](C(=O)OCC)[C@@H](c2c(O)ccc3ccccc23)n2c1nc1ccccc12. The van der Waals surface area contributed by atoms with Crippen LogP contribution in [0.15, 0.2) is 60.7 Å². The van der Waals surface area contributed by atoms with Crippen LogP contribution in [0.5, 0.6) is 5.75 Å². The van der Waals surface area contributed by atoms with Gasteiger partial charge in [-0.2, -0.15) is 0 Å². The highest BCUT2D eigenvalue weighted by molar-refractivity contribution is 6.09. The van der Waals surface area contributed by atoms with Gasteiger partial charge < -0.3 is 14.4 Å². The third-order valence-corrected chi connectivity index (χ3v) is 6.46. The molecule has 7 nitrogen and oxygen atoms in total. The first-order valence-electron chi connectivity index (χ1n) is 11.7. The number of amides is 1. The third-order valence-electron chi connectivity index (χ3n) is 6.46. The summed E-state index contributed by atoms with van der Waals surface area (Å²) in [6.07, 6.45) is 1.66.